The molecule has 0 atom stereocenters. The topological polar surface area (TPSA) is 59.1 Å². The van der Waals surface area contributed by atoms with Gasteiger partial charge in [0.1, 0.15) is 11.6 Å². The van der Waals surface area contributed by atoms with Crippen LogP contribution in [0.5, 0.6) is 5.75 Å². The molecule has 134 valence electrons. The number of para-hydroxylation sites is 1. The maximum Gasteiger partial charge on any atom is 0.229 e. The molecule has 3 rings (SSSR count). The number of rotatable bonds is 8. The number of ether oxygens (including phenoxy) is 1. The number of nitrogens with zero attached hydrogens (tertiary/aromatic N) is 2. The molecular weight excluding hydrogens is 324 g/mol. The Bertz CT molecular complexity index is 851. The molecule has 0 aliphatic carbocycles. The second kappa shape index (κ2) is 8.85. The summed E-state index contributed by atoms with van der Waals surface area (Å²) in [5, 5.41) is 6.66. The van der Waals surface area contributed by atoms with Crippen molar-refractivity contribution >= 4 is 17.5 Å². The van der Waals surface area contributed by atoms with Crippen molar-refractivity contribution < 1.29 is 4.74 Å². The number of anilines is 3. The third-order valence-electron chi connectivity index (χ3n) is 4.15. The molecule has 0 bridgehead atoms. The summed E-state index contributed by atoms with van der Waals surface area (Å²) in [6.45, 7) is 2.92. The van der Waals surface area contributed by atoms with Crippen LogP contribution in [0.15, 0.2) is 60.8 Å². The molecule has 0 amide bonds. The van der Waals surface area contributed by atoms with Crippen LogP contribution in [0.1, 0.15) is 18.1 Å². The molecule has 0 unspecified atom stereocenters. The van der Waals surface area contributed by atoms with Crippen LogP contribution in [0.2, 0.25) is 0 Å². The normalized spacial score (nSPS) is 10.4. The Morgan fingerprint density at radius 3 is 2.77 bits per heavy atom. The first kappa shape index (κ1) is 17.7. The van der Waals surface area contributed by atoms with Crippen molar-refractivity contribution in [3.63, 3.8) is 0 Å². The summed E-state index contributed by atoms with van der Waals surface area (Å²) in [6, 6.07) is 18.2. The van der Waals surface area contributed by atoms with E-state index >= 15 is 0 Å². The van der Waals surface area contributed by atoms with Crippen LogP contribution in [-0.2, 0) is 12.8 Å². The Morgan fingerprint density at radius 1 is 1.04 bits per heavy atom. The van der Waals surface area contributed by atoms with Crippen LogP contribution in [0.4, 0.5) is 17.5 Å². The lowest BCUT2D eigenvalue weighted by molar-refractivity contribution is 0.414. The van der Waals surface area contributed by atoms with E-state index < -0.39 is 0 Å². The molecule has 0 aliphatic heterocycles. The van der Waals surface area contributed by atoms with E-state index in [1.807, 2.05) is 36.4 Å². The van der Waals surface area contributed by atoms with E-state index in [2.05, 4.69) is 45.7 Å². The van der Waals surface area contributed by atoms with Gasteiger partial charge in [-0.3, -0.25) is 0 Å². The number of hydrogen-bond donors (Lipinski definition) is 2. The highest BCUT2D eigenvalue weighted by atomic mass is 16.5. The number of benzene rings is 2. The molecule has 2 N–H and O–H groups in total. The molecule has 1 heterocycles. The molecule has 26 heavy (non-hydrogen) atoms. The van der Waals surface area contributed by atoms with Crippen molar-refractivity contribution in [3.05, 3.63) is 71.9 Å². The van der Waals surface area contributed by atoms with Gasteiger partial charge in [-0.15, -0.1) is 0 Å². The number of hydrogen-bond acceptors (Lipinski definition) is 5. The fourth-order valence-corrected chi connectivity index (χ4v) is 2.75. The fourth-order valence-electron chi connectivity index (χ4n) is 2.75. The smallest absolute Gasteiger partial charge is 0.229 e. The van der Waals surface area contributed by atoms with Crippen molar-refractivity contribution in [1.82, 2.24) is 9.97 Å². The molecular formula is C21H24N4O. The highest BCUT2D eigenvalue weighted by Crippen LogP contribution is 2.19. The van der Waals surface area contributed by atoms with E-state index in [1.54, 1.807) is 13.3 Å². The maximum absolute atomic E-state index is 5.26. The van der Waals surface area contributed by atoms with E-state index in [-0.39, 0.29) is 0 Å². The lowest BCUT2D eigenvalue weighted by Crippen LogP contribution is -2.08. The predicted octanol–water partition coefficient (Wildman–Crippen LogP) is 4.45. The first-order valence-electron chi connectivity index (χ1n) is 8.83. The van der Waals surface area contributed by atoms with Crippen LogP contribution < -0.4 is 15.4 Å². The van der Waals surface area contributed by atoms with Gasteiger partial charge in [0.15, 0.2) is 0 Å². The number of aromatic nitrogens is 2. The first-order valence-corrected chi connectivity index (χ1v) is 8.83. The van der Waals surface area contributed by atoms with Gasteiger partial charge in [0, 0.05) is 18.4 Å². The van der Waals surface area contributed by atoms with Gasteiger partial charge in [-0.1, -0.05) is 37.3 Å². The Morgan fingerprint density at radius 2 is 1.92 bits per heavy atom. The zero-order valence-corrected chi connectivity index (χ0v) is 15.2. The largest absolute Gasteiger partial charge is 0.497 e. The van der Waals surface area contributed by atoms with E-state index in [0.717, 1.165) is 36.6 Å². The summed E-state index contributed by atoms with van der Waals surface area (Å²) >= 11 is 0. The molecule has 1 aromatic heterocycles. The molecule has 0 saturated heterocycles. The van der Waals surface area contributed by atoms with Gasteiger partial charge in [0.2, 0.25) is 5.95 Å². The van der Waals surface area contributed by atoms with Crippen LogP contribution >= 0.6 is 0 Å². The van der Waals surface area contributed by atoms with Crippen molar-refractivity contribution in [2.24, 2.45) is 0 Å². The van der Waals surface area contributed by atoms with Crippen molar-refractivity contribution in [3.8, 4) is 5.75 Å². The molecule has 3 aromatic rings. The molecule has 2 aromatic carbocycles. The molecule has 5 heteroatoms. The fraction of sp³-hybridized carbons (Fsp3) is 0.238. The predicted molar refractivity (Wildman–Crippen MR) is 106 cm³/mol. The third kappa shape index (κ3) is 4.72. The van der Waals surface area contributed by atoms with Crippen molar-refractivity contribution in [2.75, 3.05) is 24.3 Å². The summed E-state index contributed by atoms with van der Waals surface area (Å²) in [6.07, 6.45) is 3.61. The van der Waals surface area contributed by atoms with E-state index in [1.165, 1.54) is 11.1 Å². The molecule has 0 fully saturated rings. The minimum atomic E-state index is 0.595. The average Bonchev–Trinajstić information content (AvgIpc) is 2.69. The van der Waals surface area contributed by atoms with E-state index in [4.69, 9.17) is 4.74 Å². The number of methoxy groups -OCH3 is 1. The average molecular weight is 348 g/mol. The Hall–Kier alpha value is -3.08. The van der Waals surface area contributed by atoms with Gasteiger partial charge >= 0.3 is 0 Å². The first-order chi connectivity index (χ1) is 12.8. The van der Waals surface area contributed by atoms with Crippen LogP contribution in [0, 0.1) is 0 Å². The van der Waals surface area contributed by atoms with Crippen LogP contribution in [-0.4, -0.2) is 23.6 Å². The van der Waals surface area contributed by atoms with Gasteiger partial charge in [0.05, 0.1) is 7.11 Å². The van der Waals surface area contributed by atoms with Gasteiger partial charge in [-0.25, -0.2) is 4.98 Å². The van der Waals surface area contributed by atoms with Crippen LogP contribution in [0.3, 0.4) is 0 Å². The monoisotopic (exact) mass is 348 g/mol. The van der Waals surface area contributed by atoms with Crippen LogP contribution in [0.25, 0.3) is 0 Å². The van der Waals surface area contributed by atoms with E-state index in [9.17, 15) is 0 Å². The maximum atomic E-state index is 5.26. The number of aryl methyl sites for hydroxylation is 1. The molecule has 0 radical (unpaired) electrons. The van der Waals surface area contributed by atoms with Gasteiger partial charge in [-0.05, 0) is 48.2 Å². The Balaban J connectivity index is 1.60. The lowest BCUT2D eigenvalue weighted by Gasteiger charge is -2.11. The van der Waals surface area contributed by atoms with Gasteiger partial charge in [-0.2, -0.15) is 4.98 Å². The minimum absolute atomic E-state index is 0.595. The summed E-state index contributed by atoms with van der Waals surface area (Å²) in [5.41, 5.74) is 3.51. The minimum Gasteiger partial charge on any atom is -0.497 e. The molecule has 0 aliphatic rings. The van der Waals surface area contributed by atoms with Gasteiger partial charge < -0.3 is 15.4 Å². The molecule has 0 spiro atoms. The summed E-state index contributed by atoms with van der Waals surface area (Å²) < 4.78 is 5.26. The summed E-state index contributed by atoms with van der Waals surface area (Å²) in [7, 11) is 1.68. The third-order valence-corrected chi connectivity index (χ3v) is 4.15. The Kier molecular flexibility index (Phi) is 6.04. The second-order valence-corrected chi connectivity index (χ2v) is 5.93. The molecule has 0 saturated carbocycles. The highest BCUT2D eigenvalue weighted by molar-refractivity contribution is 5.59. The number of nitrogens with one attached hydrogen (secondary N) is 2. The standard InChI is InChI=1S/C21H24N4O/c1-3-17-8-4-5-10-19(17)24-21-23-14-12-20(25-21)22-13-11-16-7-6-9-18(15-16)26-2/h4-10,12,14-15H,3,11,13H2,1-2H3,(H2,22,23,24,25). The summed E-state index contributed by atoms with van der Waals surface area (Å²) in [4.78, 5) is 8.87. The zero-order chi connectivity index (χ0) is 18.2. The van der Waals surface area contributed by atoms with Crippen molar-refractivity contribution in [2.45, 2.75) is 19.8 Å². The lowest BCUT2D eigenvalue weighted by atomic mass is 10.1. The quantitative estimate of drug-likeness (QED) is 0.630. The SMILES string of the molecule is CCc1ccccc1Nc1nccc(NCCc2cccc(OC)c2)n1. The zero-order valence-electron chi connectivity index (χ0n) is 15.2. The second-order valence-electron chi connectivity index (χ2n) is 5.93. The molecule has 5 nitrogen and oxygen atoms in total. The van der Waals surface area contributed by atoms with E-state index in [0.29, 0.717) is 5.95 Å². The highest BCUT2D eigenvalue weighted by Gasteiger charge is 2.04. The van der Waals surface area contributed by atoms with Gasteiger partial charge in [0.25, 0.3) is 0 Å². The summed E-state index contributed by atoms with van der Waals surface area (Å²) in [5.74, 6) is 2.28. The van der Waals surface area contributed by atoms with Crippen molar-refractivity contribution in [1.29, 1.82) is 0 Å². The Labute approximate surface area is 154 Å².